The summed E-state index contributed by atoms with van der Waals surface area (Å²) in [5.74, 6) is 1.61. The number of guanidine groups is 1. The molecule has 0 bridgehead atoms. The second kappa shape index (κ2) is 13.1. The molecule has 0 fully saturated rings. The Morgan fingerprint density at radius 2 is 1.76 bits per heavy atom. The summed E-state index contributed by atoms with van der Waals surface area (Å²) in [6.45, 7) is 5.38. The molecule has 0 saturated carbocycles. The minimum atomic E-state index is 0. The van der Waals surface area contributed by atoms with E-state index in [1.54, 1.807) is 7.05 Å². The molecule has 0 spiro atoms. The number of benzene rings is 1. The van der Waals surface area contributed by atoms with Gasteiger partial charge in [-0.25, -0.2) is 0 Å². The van der Waals surface area contributed by atoms with Crippen molar-refractivity contribution < 1.29 is 9.47 Å². The van der Waals surface area contributed by atoms with Crippen LogP contribution in [0.5, 0.6) is 5.75 Å². The summed E-state index contributed by atoms with van der Waals surface area (Å²) in [5, 5.41) is 6.34. The van der Waals surface area contributed by atoms with Gasteiger partial charge in [-0.05, 0) is 31.2 Å². The molecule has 0 saturated heterocycles. The maximum atomic E-state index is 5.61. The lowest BCUT2D eigenvalue weighted by molar-refractivity contribution is 0.152. The molecule has 21 heavy (non-hydrogen) atoms. The van der Waals surface area contributed by atoms with E-state index >= 15 is 0 Å². The van der Waals surface area contributed by atoms with Gasteiger partial charge in [0.25, 0.3) is 0 Å². The van der Waals surface area contributed by atoms with Gasteiger partial charge in [-0.2, -0.15) is 0 Å². The zero-order valence-corrected chi connectivity index (χ0v) is 16.3. The molecule has 1 rings (SSSR count). The zero-order chi connectivity index (χ0) is 14.6. The van der Waals surface area contributed by atoms with E-state index in [-0.39, 0.29) is 24.0 Å². The SMILES string of the molecule is CCOCCNC(=NC)NCCOc1ccc(Br)cc1.I. The number of aliphatic imine (C=N–C) groups is 1. The number of nitrogens with zero attached hydrogens (tertiary/aromatic N) is 1. The van der Waals surface area contributed by atoms with Crippen LogP contribution in [0.3, 0.4) is 0 Å². The van der Waals surface area contributed by atoms with Crippen molar-refractivity contribution in [2.45, 2.75) is 6.92 Å². The molecule has 0 heterocycles. The van der Waals surface area contributed by atoms with Gasteiger partial charge in [0, 0.05) is 24.7 Å². The van der Waals surface area contributed by atoms with Crippen molar-refractivity contribution in [2.24, 2.45) is 4.99 Å². The number of halogens is 2. The molecule has 0 unspecified atom stereocenters. The highest BCUT2D eigenvalue weighted by Crippen LogP contribution is 2.15. The average Bonchev–Trinajstić information content (AvgIpc) is 2.47. The summed E-state index contributed by atoms with van der Waals surface area (Å²) < 4.78 is 11.9. The molecule has 120 valence electrons. The van der Waals surface area contributed by atoms with E-state index < -0.39 is 0 Å². The van der Waals surface area contributed by atoms with Crippen molar-refractivity contribution in [3.05, 3.63) is 28.7 Å². The van der Waals surface area contributed by atoms with E-state index in [1.165, 1.54) is 0 Å². The summed E-state index contributed by atoms with van der Waals surface area (Å²) in [5.41, 5.74) is 0. The van der Waals surface area contributed by atoms with Crippen molar-refractivity contribution >= 4 is 45.9 Å². The van der Waals surface area contributed by atoms with Crippen molar-refractivity contribution in [2.75, 3.05) is 40.0 Å². The first-order chi connectivity index (χ1) is 9.76. The molecule has 0 atom stereocenters. The lowest BCUT2D eigenvalue weighted by atomic mass is 10.3. The number of ether oxygens (including phenoxy) is 2. The summed E-state index contributed by atoms with van der Waals surface area (Å²) in [7, 11) is 1.74. The highest BCUT2D eigenvalue weighted by Gasteiger charge is 1.97. The Labute approximate surface area is 152 Å². The summed E-state index contributed by atoms with van der Waals surface area (Å²) >= 11 is 3.39. The number of hydrogen-bond donors (Lipinski definition) is 2. The Balaban J connectivity index is 0.00000400. The molecule has 1 aromatic carbocycles. The first-order valence-electron chi connectivity index (χ1n) is 6.67. The molecular weight excluding hydrogens is 449 g/mol. The predicted octanol–water partition coefficient (Wildman–Crippen LogP) is 2.65. The smallest absolute Gasteiger partial charge is 0.191 e. The standard InChI is InChI=1S/C14H22BrN3O2.HI/c1-3-19-10-8-17-14(16-2)18-9-11-20-13-6-4-12(15)5-7-13;/h4-7H,3,8-11H2,1-2H3,(H2,16,17,18);1H. The summed E-state index contributed by atoms with van der Waals surface area (Å²) in [6.07, 6.45) is 0. The van der Waals surface area contributed by atoms with Crippen molar-refractivity contribution in [3.8, 4) is 5.75 Å². The molecule has 0 aliphatic rings. The van der Waals surface area contributed by atoms with Crippen molar-refractivity contribution in [1.82, 2.24) is 10.6 Å². The third-order valence-electron chi connectivity index (χ3n) is 2.44. The third kappa shape index (κ3) is 9.92. The second-order valence-electron chi connectivity index (χ2n) is 3.93. The van der Waals surface area contributed by atoms with Crippen LogP contribution >= 0.6 is 39.9 Å². The van der Waals surface area contributed by atoms with Gasteiger partial charge < -0.3 is 20.1 Å². The van der Waals surface area contributed by atoms with Gasteiger partial charge in [-0.3, -0.25) is 4.99 Å². The lowest BCUT2D eigenvalue weighted by Crippen LogP contribution is -2.40. The van der Waals surface area contributed by atoms with Gasteiger partial charge >= 0.3 is 0 Å². The zero-order valence-electron chi connectivity index (χ0n) is 12.4. The molecule has 0 radical (unpaired) electrons. The van der Waals surface area contributed by atoms with Crippen LogP contribution in [-0.4, -0.2) is 45.9 Å². The predicted molar refractivity (Wildman–Crippen MR) is 101 cm³/mol. The average molecular weight is 472 g/mol. The highest BCUT2D eigenvalue weighted by molar-refractivity contribution is 14.0. The summed E-state index contributed by atoms with van der Waals surface area (Å²) in [6, 6.07) is 7.77. The fraction of sp³-hybridized carbons (Fsp3) is 0.500. The first-order valence-corrected chi connectivity index (χ1v) is 7.46. The molecule has 0 aliphatic carbocycles. The number of rotatable bonds is 8. The van der Waals surface area contributed by atoms with Crippen LogP contribution in [-0.2, 0) is 4.74 Å². The Kier molecular flexibility index (Phi) is 12.8. The van der Waals surface area contributed by atoms with Gasteiger partial charge in [0.15, 0.2) is 5.96 Å². The quantitative estimate of drug-likeness (QED) is 0.265. The fourth-order valence-corrected chi connectivity index (χ4v) is 1.74. The van der Waals surface area contributed by atoms with Gasteiger partial charge in [-0.15, -0.1) is 24.0 Å². The van der Waals surface area contributed by atoms with Gasteiger partial charge in [0.2, 0.25) is 0 Å². The highest BCUT2D eigenvalue weighted by atomic mass is 127. The number of hydrogen-bond acceptors (Lipinski definition) is 3. The van der Waals surface area contributed by atoms with Crippen molar-refractivity contribution in [3.63, 3.8) is 0 Å². The van der Waals surface area contributed by atoms with Crippen LogP contribution in [0.2, 0.25) is 0 Å². The molecular formula is C14H23BrIN3O2. The molecule has 7 heteroatoms. The largest absolute Gasteiger partial charge is 0.492 e. The maximum Gasteiger partial charge on any atom is 0.191 e. The number of nitrogens with one attached hydrogen (secondary N) is 2. The van der Waals surface area contributed by atoms with E-state index in [0.717, 1.165) is 29.3 Å². The molecule has 0 aromatic heterocycles. The molecule has 5 nitrogen and oxygen atoms in total. The molecule has 0 amide bonds. The second-order valence-corrected chi connectivity index (χ2v) is 4.84. The van der Waals surface area contributed by atoms with Crippen LogP contribution in [0, 0.1) is 0 Å². The van der Waals surface area contributed by atoms with Crippen LogP contribution < -0.4 is 15.4 Å². The Morgan fingerprint density at radius 1 is 1.14 bits per heavy atom. The minimum Gasteiger partial charge on any atom is -0.492 e. The Morgan fingerprint density at radius 3 is 2.33 bits per heavy atom. The van der Waals surface area contributed by atoms with E-state index in [2.05, 4.69) is 31.6 Å². The third-order valence-corrected chi connectivity index (χ3v) is 2.97. The van der Waals surface area contributed by atoms with E-state index in [9.17, 15) is 0 Å². The topological polar surface area (TPSA) is 54.9 Å². The van der Waals surface area contributed by atoms with Crippen LogP contribution in [0.1, 0.15) is 6.92 Å². The van der Waals surface area contributed by atoms with Crippen molar-refractivity contribution in [1.29, 1.82) is 0 Å². The van der Waals surface area contributed by atoms with E-state index in [0.29, 0.717) is 19.8 Å². The van der Waals surface area contributed by atoms with Crippen LogP contribution in [0.25, 0.3) is 0 Å². The van der Waals surface area contributed by atoms with Gasteiger partial charge in [0.05, 0.1) is 13.2 Å². The summed E-state index contributed by atoms with van der Waals surface area (Å²) in [4.78, 5) is 4.12. The lowest BCUT2D eigenvalue weighted by Gasteiger charge is -2.12. The van der Waals surface area contributed by atoms with Gasteiger partial charge in [0.1, 0.15) is 12.4 Å². The normalized spacial score (nSPS) is 10.7. The Hall–Kier alpha value is -0.540. The molecule has 2 N–H and O–H groups in total. The first kappa shape index (κ1) is 20.5. The monoisotopic (exact) mass is 471 g/mol. The Bertz CT molecular complexity index is 402. The van der Waals surface area contributed by atoms with Crippen LogP contribution in [0.4, 0.5) is 0 Å². The fourth-order valence-electron chi connectivity index (χ4n) is 1.48. The van der Waals surface area contributed by atoms with Crippen LogP contribution in [0.15, 0.2) is 33.7 Å². The molecule has 0 aliphatic heterocycles. The minimum absolute atomic E-state index is 0. The van der Waals surface area contributed by atoms with E-state index in [1.807, 2.05) is 31.2 Å². The van der Waals surface area contributed by atoms with Gasteiger partial charge in [-0.1, -0.05) is 15.9 Å². The van der Waals surface area contributed by atoms with E-state index in [4.69, 9.17) is 9.47 Å². The molecule has 1 aromatic rings. The maximum absolute atomic E-state index is 5.61.